The van der Waals surface area contributed by atoms with Crippen LogP contribution in [0.5, 0.6) is 0 Å². The van der Waals surface area contributed by atoms with Crippen molar-refractivity contribution in [2.45, 2.75) is 33.1 Å². The van der Waals surface area contributed by atoms with Gasteiger partial charge in [-0.25, -0.2) is 9.97 Å². The summed E-state index contributed by atoms with van der Waals surface area (Å²) in [5.74, 6) is 2.40. The van der Waals surface area contributed by atoms with Crippen LogP contribution >= 0.6 is 11.3 Å². The molecule has 1 N–H and O–H groups in total. The first-order valence-electron chi connectivity index (χ1n) is 7.38. The number of aryl methyl sites for hydroxylation is 3. The van der Waals surface area contributed by atoms with Gasteiger partial charge < -0.3 is 9.73 Å². The van der Waals surface area contributed by atoms with E-state index >= 15 is 0 Å². The molecule has 0 aromatic carbocycles. The Balaban J connectivity index is 1.97. The highest BCUT2D eigenvalue weighted by atomic mass is 32.1. The lowest BCUT2D eigenvalue weighted by atomic mass is 10.2. The fraction of sp³-hybridized carbons (Fsp3) is 0.375. The Morgan fingerprint density at radius 3 is 3.00 bits per heavy atom. The number of fused-ring (bicyclic) bond motifs is 3. The van der Waals surface area contributed by atoms with E-state index in [9.17, 15) is 0 Å². The topological polar surface area (TPSA) is 51.0 Å². The van der Waals surface area contributed by atoms with Crippen LogP contribution in [0.4, 0.5) is 5.82 Å². The highest BCUT2D eigenvalue weighted by Gasteiger charge is 2.23. The summed E-state index contributed by atoms with van der Waals surface area (Å²) in [4.78, 5) is 12.1. The number of thiophene rings is 1. The molecule has 108 valence electrons. The van der Waals surface area contributed by atoms with Crippen molar-refractivity contribution in [3.05, 3.63) is 28.3 Å². The minimum absolute atomic E-state index is 0.681. The first kappa shape index (κ1) is 12.8. The van der Waals surface area contributed by atoms with Crippen LogP contribution in [0, 0.1) is 6.92 Å². The predicted octanol–water partition coefficient (Wildman–Crippen LogP) is 4.18. The zero-order chi connectivity index (χ0) is 14.4. The van der Waals surface area contributed by atoms with Gasteiger partial charge in [0.05, 0.1) is 11.6 Å². The third kappa shape index (κ3) is 1.95. The molecule has 1 aliphatic rings. The zero-order valence-corrected chi connectivity index (χ0v) is 13.0. The van der Waals surface area contributed by atoms with Gasteiger partial charge in [-0.2, -0.15) is 0 Å². The fourth-order valence-corrected chi connectivity index (χ4v) is 4.26. The van der Waals surface area contributed by atoms with Gasteiger partial charge in [-0.15, -0.1) is 11.3 Å². The summed E-state index contributed by atoms with van der Waals surface area (Å²) in [6.45, 7) is 4.97. The van der Waals surface area contributed by atoms with Crippen LogP contribution in [0.3, 0.4) is 0 Å². The Morgan fingerprint density at radius 2 is 2.24 bits per heavy atom. The van der Waals surface area contributed by atoms with Crippen molar-refractivity contribution in [3.63, 3.8) is 0 Å². The molecule has 3 aromatic heterocycles. The number of hydrogen-bond acceptors (Lipinski definition) is 5. The lowest BCUT2D eigenvalue weighted by molar-refractivity contribution is 0.576. The first-order chi connectivity index (χ1) is 10.3. The molecule has 0 fully saturated rings. The molecule has 0 saturated heterocycles. The molecular formula is C16H17N3OS. The maximum atomic E-state index is 5.56. The molecule has 0 aliphatic heterocycles. The molecule has 0 saturated carbocycles. The van der Waals surface area contributed by atoms with Crippen molar-refractivity contribution in [1.29, 1.82) is 0 Å². The van der Waals surface area contributed by atoms with E-state index in [0.29, 0.717) is 5.82 Å². The molecule has 0 unspecified atom stereocenters. The number of aromatic nitrogens is 2. The second kappa shape index (κ2) is 4.84. The third-order valence-corrected chi connectivity index (χ3v) is 5.16. The molecule has 4 rings (SSSR count). The quantitative estimate of drug-likeness (QED) is 0.788. The third-order valence-electron chi connectivity index (χ3n) is 3.97. The van der Waals surface area contributed by atoms with E-state index in [1.165, 1.54) is 28.7 Å². The molecule has 0 amide bonds. The van der Waals surface area contributed by atoms with Crippen LogP contribution in [-0.4, -0.2) is 16.5 Å². The van der Waals surface area contributed by atoms with E-state index in [0.717, 1.165) is 34.9 Å². The maximum Gasteiger partial charge on any atom is 0.199 e. The Kier molecular flexibility index (Phi) is 2.96. The molecular weight excluding hydrogens is 282 g/mol. The van der Waals surface area contributed by atoms with E-state index in [1.54, 1.807) is 6.26 Å². The van der Waals surface area contributed by atoms with Crippen molar-refractivity contribution in [3.8, 4) is 11.6 Å². The smallest absolute Gasteiger partial charge is 0.199 e. The SMILES string of the molecule is CCNc1nc(-c2occc2C)nc2sc3c(c12)CCC3. The van der Waals surface area contributed by atoms with Crippen molar-refractivity contribution < 1.29 is 4.42 Å². The molecule has 0 bridgehead atoms. The average molecular weight is 299 g/mol. The van der Waals surface area contributed by atoms with Crippen LogP contribution in [0.15, 0.2) is 16.7 Å². The second-order valence-corrected chi connectivity index (χ2v) is 6.48. The molecule has 3 aromatic rings. The summed E-state index contributed by atoms with van der Waals surface area (Å²) in [5, 5.41) is 4.63. The van der Waals surface area contributed by atoms with E-state index in [4.69, 9.17) is 14.4 Å². The highest BCUT2D eigenvalue weighted by molar-refractivity contribution is 7.19. The Labute approximate surface area is 127 Å². The lowest BCUT2D eigenvalue weighted by Crippen LogP contribution is -2.03. The Bertz CT molecular complexity index is 818. The van der Waals surface area contributed by atoms with Gasteiger partial charge in [-0.05, 0) is 50.3 Å². The number of anilines is 1. The van der Waals surface area contributed by atoms with Crippen LogP contribution < -0.4 is 5.32 Å². The van der Waals surface area contributed by atoms with Crippen molar-refractivity contribution >= 4 is 27.4 Å². The van der Waals surface area contributed by atoms with Crippen molar-refractivity contribution in [2.75, 3.05) is 11.9 Å². The van der Waals surface area contributed by atoms with E-state index in [-0.39, 0.29) is 0 Å². The summed E-state index contributed by atoms with van der Waals surface area (Å²) in [6, 6.07) is 1.95. The zero-order valence-electron chi connectivity index (χ0n) is 12.2. The monoisotopic (exact) mass is 299 g/mol. The van der Waals surface area contributed by atoms with Gasteiger partial charge in [0.2, 0.25) is 0 Å². The van der Waals surface area contributed by atoms with Crippen LogP contribution in [0.25, 0.3) is 21.8 Å². The fourth-order valence-electron chi connectivity index (χ4n) is 2.99. The van der Waals surface area contributed by atoms with Gasteiger partial charge in [-0.3, -0.25) is 0 Å². The second-order valence-electron chi connectivity index (χ2n) is 5.40. The van der Waals surface area contributed by atoms with Crippen LogP contribution in [0.2, 0.25) is 0 Å². The highest BCUT2D eigenvalue weighted by Crippen LogP contribution is 2.40. The van der Waals surface area contributed by atoms with Gasteiger partial charge >= 0.3 is 0 Å². The molecule has 1 aliphatic carbocycles. The average Bonchev–Trinajstić information content (AvgIpc) is 3.13. The van der Waals surface area contributed by atoms with Gasteiger partial charge in [0, 0.05) is 11.4 Å². The Hall–Kier alpha value is -1.88. The molecule has 3 heterocycles. The number of nitrogens with one attached hydrogen (secondary N) is 1. The summed E-state index contributed by atoms with van der Waals surface area (Å²) < 4.78 is 5.56. The molecule has 0 atom stereocenters. The van der Waals surface area contributed by atoms with Gasteiger partial charge in [0.1, 0.15) is 10.6 Å². The van der Waals surface area contributed by atoms with E-state index < -0.39 is 0 Å². The number of furan rings is 1. The summed E-state index contributed by atoms with van der Waals surface area (Å²) in [6.07, 6.45) is 5.27. The molecule has 0 spiro atoms. The predicted molar refractivity (Wildman–Crippen MR) is 86.0 cm³/mol. The largest absolute Gasteiger partial charge is 0.461 e. The lowest BCUT2D eigenvalue weighted by Gasteiger charge is -2.07. The van der Waals surface area contributed by atoms with Crippen LogP contribution in [0.1, 0.15) is 29.3 Å². The molecule has 0 radical (unpaired) electrons. The summed E-state index contributed by atoms with van der Waals surface area (Å²) in [7, 11) is 0. The number of hydrogen-bond donors (Lipinski definition) is 1. The van der Waals surface area contributed by atoms with Gasteiger partial charge in [-0.1, -0.05) is 0 Å². The minimum atomic E-state index is 0.681. The number of nitrogens with zero attached hydrogens (tertiary/aromatic N) is 2. The minimum Gasteiger partial charge on any atom is -0.461 e. The molecule has 21 heavy (non-hydrogen) atoms. The normalized spacial score (nSPS) is 13.8. The molecule has 5 heteroatoms. The van der Waals surface area contributed by atoms with Crippen molar-refractivity contribution in [2.24, 2.45) is 0 Å². The van der Waals surface area contributed by atoms with E-state index in [2.05, 4.69) is 12.2 Å². The number of rotatable bonds is 3. The van der Waals surface area contributed by atoms with E-state index in [1.807, 2.05) is 24.3 Å². The van der Waals surface area contributed by atoms with Crippen molar-refractivity contribution in [1.82, 2.24) is 9.97 Å². The summed E-state index contributed by atoms with van der Waals surface area (Å²) in [5.41, 5.74) is 2.52. The van der Waals surface area contributed by atoms with Gasteiger partial charge in [0.25, 0.3) is 0 Å². The van der Waals surface area contributed by atoms with Gasteiger partial charge in [0.15, 0.2) is 11.6 Å². The first-order valence-corrected chi connectivity index (χ1v) is 8.20. The Morgan fingerprint density at radius 1 is 1.33 bits per heavy atom. The summed E-state index contributed by atoms with van der Waals surface area (Å²) >= 11 is 1.81. The van der Waals surface area contributed by atoms with Crippen LogP contribution in [-0.2, 0) is 12.8 Å². The molecule has 4 nitrogen and oxygen atoms in total. The standard InChI is InChI=1S/C16H17N3OS/c1-3-17-14-12-10-5-4-6-11(10)21-16(12)19-15(18-14)13-9(2)7-8-20-13/h7-8H,3-6H2,1-2H3,(H,17,18,19). The maximum absolute atomic E-state index is 5.56.